The van der Waals surface area contributed by atoms with Crippen LogP contribution in [0.5, 0.6) is 0 Å². The topological polar surface area (TPSA) is 41.9 Å². The second kappa shape index (κ2) is 11.4. The van der Waals surface area contributed by atoms with Crippen molar-refractivity contribution in [3.8, 4) is 45.3 Å². The van der Waals surface area contributed by atoms with Gasteiger partial charge in [-0.25, -0.2) is 15.0 Å². The lowest BCUT2D eigenvalue weighted by Gasteiger charge is -2.34. The summed E-state index contributed by atoms with van der Waals surface area (Å²) in [4.78, 5) is 17.2. The van der Waals surface area contributed by atoms with Crippen LogP contribution in [0.2, 0.25) is 0 Å². The molecular formula is C47H28N4S. The first-order valence-corrected chi connectivity index (χ1v) is 17.9. The van der Waals surface area contributed by atoms with Gasteiger partial charge in [0.15, 0.2) is 17.5 Å². The van der Waals surface area contributed by atoms with Gasteiger partial charge in [0.05, 0.1) is 23.9 Å². The van der Waals surface area contributed by atoms with Crippen molar-refractivity contribution in [1.29, 1.82) is 0 Å². The molecule has 242 valence electrons. The Balaban J connectivity index is 1.16. The van der Waals surface area contributed by atoms with Gasteiger partial charge in [0.1, 0.15) is 0 Å². The molecule has 0 amide bonds. The predicted molar refractivity (Wildman–Crippen MR) is 218 cm³/mol. The fourth-order valence-corrected chi connectivity index (χ4v) is 8.75. The fourth-order valence-electron chi connectivity index (χ4n) is 7.67. The minimum Gasteiger partial charge on any atom is -0.309 e. The van der Waals surface area contributed by atoms with Gasteiger partial charge in [0, 0.05) is 53.2 Å². The number of aromatic nitrogens is 3. The number of para-hydroxylation sites is 1. The molecule has 5 heteroatoms. The maximum absolute atomic E-state index is 8.85. The van der Waals surface area contributed by atoms with Crippen LogP contribution >= 0.6 is 11.3 Å². The molecule has 11 rings (SSSR count). The van der Waals surface area contributed by atoms with Crippen LogP contribution in [0.3, 0.4) is 0 Å². The molecule has 3 heterocycles. The fraction of sp³-hybridized carbons (Fsp3) is 0. The van der Waals surface area contributed by atoms with Crippen LogP contribution in [0.15, 0.2) is 170 Å². The molecule has 2 aromatic heterocycles. The zero-order valence-electron chi connectivity index (χ0n) is 32.5. The molecule has 0 N–H and O–H groups in total. The highest BCUT2D eigenvalue weighted by Crippen LogP contribution is 2.52. The highest BCUT2D eigenvalue weighted by atomic mass is 32.1. The maximum atomic E-state index is 8.85. The molecule has 0 radical (unpaired) electrons. The number of benzene rings is 8. The average molecular weight is 686 g/mol. The summed E-state index contributed by atoms with van der Waals surface area (Å²) in [6, 6.07) is 45.9. The Hall–Kier alpha value is -6.69. The van der Waals surface area contributed by atoms with Gasteiger partial charge < -0.3 is 4.90 Å². The highest BCUT2D eigenvalue weighted by Gasteiger charge is 2.27. The van der Waals surface area contributed by atoms with Gasteiger partial charge in [0.2, 0.25) is 0 Å². The Morgan fingerprint density at radius 2 is 1.08 bits per heavy atom. The number of hydrogen-bond donors (Lipinski definition) is 0. The van der Waals surface area contributed by atoms with E-state index in [9.17, 15) is 0 Å². The minimum absolute atomic E-state index is 0.00340. The summed E-state index contributed by atoms with van der Waals surface area (Å²) >= 11 is 1.71. The van der Waals surface area contributed by atoms with Crippen molar-refractivity contribution in [2.24, 2.45) is 0 Å². The van der Waals surface area contributed by atoms with Crippen molar-refractivity contribution in [2.75, 3.05) is 4.90 Å². The largest absolute Gasteiger partial charge is 0.309 e. The van der Waals surface area contributed by atoms with E-state index in [4.69, 9.17) is 21.8 Å². The molecule has 0 aliphatic carbocycles. The zero-order chi connectivity index (χ0) is 38.5. The van der Waals surface area contributed by atoms with E-state index in [0.717, 1.165) is 65.4 Å². The van der Waals surface area contributed by atoms with Crippen molar-refractivity contribution in [3.05, 3.63) is 170 Å². The standard InChI is InChI=1S/C47H28N4S/c1-2-12-30(13-3-1)45-48-46(31-26-27-43-38(28-31)35-17-5-7-25-42(35)52-43)50-47(49-45)37-21-10-19-33-32(37)18-11-23-40(33)51-39-22-6-4-16-34(39)36-20-8-14-29-15-9-24-41(51)44(29)36/h1-28H/i1D,2D,3D,12D,13D. The molecule has 52 heavy (non-hydrogen) atoms. The van der Waals surface area contributed by atoms with Gasteiger partial charge in [-0.2, -0.15) is 0 Å². The molecule has 0 bridgehead atoms. The van der Waals surface area contributed by atoms with Crippen LogP contribution in [0, 0.1) is 0 Å². The number of rotatable bonds is 4. The Morgan fingerprint density at radius 3 is 2.00 bits per heavy atom. The van der Waals surface area contributed by atoms with Gasteiger partial charge in [-0.1, -0.05) is 127 Å². The number of nitrogens with zero attached hydrogens (tertiary/aromatic N) is 4. The van der Waals surface area contributed by atoms with Crippen LogP contribution in [0.4, 0.5) is 17.1 Å². The van der Waals surface area contributed by atoms with E-state index in [1.807, 2.05) is 36.4 Å². The Labute approximate surface area is 311 Å². The molecule has 1 aliphatic rings. The van der Waals surface area contributed by atoms with Crippen LogP contribution in [0.1, 0.15) is 6.85 Å². The average Bonchev–Trinajstić information content (AvgIpc) is 3.63. The third-order valence-electron chi connectivity index (χ3n) is 9.93. The van der Waals surface area contributed by atoms with E-state index in [2.05, 4.69) is 108 Å². The van der Waals surface area contributed by atoms with Crippen LogP contribution in [-0.4, -0.2) is 15.0 Å². The second-order valence-electron chi connectivity index (χ2n) is 12.8. The summed E-state index contributed by atoms with van der Waals surface area (Å²) in [5.41, 5.74) is 6.85. The maximum Gasteiger partial charge on any atom is 0.164 e. The summed E-state index contributed by atoms with van der Waals surface area (Å²) in [7, 11) is 0. The first-order valence-electron chi connectivity index (χ1n) is 19.5. The molecule has 0 saturated heterocycles. The predicted octanol–water partition coefficient (Wildman–Crippen LogP) is 13.0. The summed E-state index contributed by atoms with van der Waals surface area (Å²) in [5, 5.41) is 6.40. The second-order valence-corrected chi connectivity index (χ2v) is 13.9. The highest BCUT2D eigenvalue weighted by molar-refractivity contribution is 7.25. The van der Waals surface area contributed by atoms with Gasteiger partial charge in [-0.3, -0.25) is 0 Å². The molecule has 0 atom stereocenters. The van der Waals surface area contributed by atoms with Crippen LogP contribution < -0.4 is 4.90 Å². The molecule has 10 aromatic rings. The van der Waals surface area contributed by atoms with Crippen molar-refractivity contribution in [3.63, 3.8) is 0 Å². The zero-order valence-corrected chi connectivity index (χ0v) is 28.3. The third-order valence-corrected chi connectivity index (χ3v) is 11.1. The van der Waals surface area contributed by atoms with Gasteiger partial charge in [-0.15, -0.1) is 11.3 Å². The van der Waals surface area contributed by atoms with E-state index < -0.39 is 18.1 Å². The Kier molecular flexibility index (Phi) is 5.37. The van der Waals surface area contributed by atoms with Gasteiger partial charge >= 0.3 is 0 Å². The van der Waals surface area contributed by atoms with Crippen molar-refractivity contribution >= 4 is 70.1 Å². The SMILES string of the molecule is [2H]c1c([2H])c([2H])c(-c2nc(-c3ccc4sc5ccccc5c4c3)nc(-c3cccc4c(N5c6ccccc6-c6cccc7cccc5c67)cccc34)n2)c([2H])c1[2H]. The summed E-state index contributed by atoms with van der Waals surface area (Å²) < 4.78 is 45.2. The van der Waals surface area contributed by atoms with E-state index in [1.54, 1.807) is 11.3 Å². The number of fused-ring (bicyclic) bond motifs is 6. The number of hydrogen-bond acceptors (Lipinski definition) is 5. The van der Waals surface area contributed by atoms with E-state index in [-0.39, 0.29) is 23.5 Å². The summed E-state index contributed by atoms with van der Waals surface area (Å²) in [5.74, 6) is 0.662. The van der Waals surface area contributed by atoms with Crippen molar-refractivity contribution in [2.45, 2.75) is 0 Å². The summed E-state index contributed by atoms with van der Waals surface area (Å²) in [6.07, 6.45) is 0. The quantitative estimate of drug-likeness (QED) is 0.185. The first-order chi connectivity index (χ1) is 27.9. The van der Waals surface area contributed by atoms with E-state index in [1.165, 1.54) is 15.6 Å². The number of thiophene rings is 1. The molecule has 0 fully saturated rings. The smallest absolute Gasteiger partial charge is 0.164 e. The lowest BCUT2D eigenvalue weighted by molar-refractivity contribution is 1.08. The van der Waals surface area contributed by atoms with Crippen LogP contribution in [0.25, 0.3) is 87.0 Å². The summed E-state index contributed by atoms with van der Waals surface area (Å²) in [6.45, 7) is 0. The Bertz CT molecular complexity index is 3310. The monoisotopic (exact) mass is 685 g/mol. The normalized spacial score (nSPS) is 13.5. The van der Waals surface area contributed by atoms with Gasteiger partial charge in [0.25, 0.3) is 0 Å². The third kappa shape index (κ3) is 4.43. The molecule has 0 saturated carbocycles. The minimum atomic E-state index is -0.475. The van der Waals surface area contributed by atoms with Crippen molar-refractivity contribution < 1.29 is 6.85 Å². The molecular weight excluding hydrogens is 653 g/mol. The molecule has 8 aromatic carbocycles. The van der Waals surface area contributed by atoms with Crippen molar-refractivity contribution in [1.82, 2.24) is 15.0 Å². The van der Waals surface area contributed by atoms with E-state index in [0.29, 0.717) is 11.6 Å². The number of anilines is 3. The lowest BCUT2D eigenvalue weighted by Crippen LogP contribution is -2.15. The molecule has 0 spiro atoms. The lowest BCUT2D eigenvalue weighted by atomic mass is 9.90. The molecule has 1 aliphatic heterocycles. The Morgan fingerprint density at radius 1 is 0.442 bits per heavy atom. The molecule has 0 unspecified atom stereocenters. The van der Waals surface area contributed by atoms with Gasteiger partial charge in [-0.05, 0) is 58.8 Å². The first kappa shape index (κ1) is 24.5. The molecule has 4 nitrogen and oxygen atoms in total. The van der Waals surface area contributed by atoms with Crippen LogP contribution in [-0.2, 0) is 0 Å². The van der Waals surface area contributed by atoms with E-state index >= 15 is 0 Å².